The number of pyridine rings is 1. The molecule has 0 aliphatic heterocycles. The number of urea groups is 1. The Balaban J connectivity index is 2.09. The number of alkyl halides is 3. The molecule has 0 aliphatic rings. The lowest BCUT2D eigenvalue weighted by molar-refractivity contribution is -0.137. The quantitative estimate of drug-likeness (QED) is 0.796. The first-order valence-electron chi connectivity index (χ1n) is 5.82. The molecule has 0 unspecified atom stereocenters. The van der Waals surface area contributed by atoms with Crippen LogP contribution in [0.3, 0.4) is 0 Å². The van der Waals surface area contributed by atoms with Gasteiger partial charge in [-0.1, -0.05) is 29.3 Å². The highest BCUT2D eigenvalue weighted by Crippen LogP contribution is 2.32. The molecule has 2 rings (SSSR count). The number of hydrogen-bond acceptors (Lipinski definition) is 2. The molecule has 0 radical (unpaired) electrons. The third-order valence-electron chi connectivity index (χ3n) is 2.48. The second kappa shape index (κ2) is 6.41. The van der Waals surface area contributed by atoms with Crippen LogP contribution in [0.4, 0.5) is 29.5 Å². The number of aromatic nitrogens is 1. The van der Waals surface area contributed by atoms with Gasteiger partial charge in [-0.25, -0.2) is 9.78 Å². The molecule has 0 saturated heterocycles. The summed E-state index contributed by atoms with van der Waals surface area (Å²) < 4.78 is 37.4. The number of amides is 2. The number of carbonyl (C=O) groups is 1. The molecule has 1 aromatic carbocycles. The number of nitrogens with one attached hydrogen (secondary N) is 2. The van der Waals surface area contributed by atoms with Crippen molar-refractivity contribution in [3.8, 4) is 0 Å². The molecule has 116 valence electrons. The number of rotatable bonds is 2. The fraction of sp³-hybridized carbons (Fsp3) is 0.0769. The molecule has 9 heteroatoms. The van der Waals surface area contributed by atoms with Crippen molar-refractivity contribution < 1.29 is 18.0 Å². The molecule has 0 aliphatic carbocycles. The number of halogens is 5. The lowest BCUT2D eigenvalue weighted by atomic mass is 10.3. The molecule has 22 heavy (non-hydrogen) atoms. The fourth-order valence-electron chi connectivity index (χ4n) is 1.52. The Morgan fingerprint density at radius 1 is 1.14 bits per heavy atom. The number of anilines is 2. The molecule has 0 spiro atoms. The maximum absolute atomic E-state index is 12.5. The molecule has 2 N–H and O–H groups in total. The molecule has 0 atom stereocenters. The summed E-state index contributed by atoms with van der Waals surface area (Å²) in [5.41, 5.74) is -0.591. The van der Waals surface area contributed by atoms with E-state index in [1.165, 1.54) is 6.07 Å². The van der Waals surface area contributed by atoms with Crippen molar-refractivity contribution in [2.75, 3.05) is 10.6 Å². The zero-order chi connectivity index (χ0) is 16.3. The zero-order valence-electron chi connectivity index (χ0n) is 10.7. The van der Waals surface area contributed by atoms with Gasteiger partial charge in [-0.15, -0.1) is 0 Å². The summed E-state index contributed by atoms with van der Waals surface area (Å²) in [6.45, 7) is 0. The van der Waals surface area contributed by atoms with E-state index in [0.717, 1.165) is 0 Å². The standard InChI is InChI=1S/C13H8Cl2F3N3O/c14-8-2-1-3-9(5-8)20-12(22)21-11-10(15)4-7(6-19-11)13(16,17)18/h1-6H,(H2,19,20,21,22). The van der Waals surface area contributed by atoms with Gasteiger partial charge >= 0.3 is 12.2 Å². The van der Waals surface area contributed by atoms with Gasteiger partial charge in [-0.2, -0.15) is 13.2 Å². The van der Waals surface area contributed by atoms with Crippen LogP contribution in [0.2, 0.25) is 10.0 Å². The van der Waals surface area contributed by atoms with Crippen LogP contribution in [0.25, 0.3) is 0 Å². The zero-order valence-corrected chi connectivity index (χ0v) is 12.2. The van der Waals surface area contributed by atoms with Gasteiger partial charge < -0.3 is 5.32 Å². The minimum Gasteiger partial charge on any atom is -0.308 e. The normalized spacial score (nSPS) is 11.1. The van der Waals surface area contributed by atoms with Crippen LogP contribution in [0, 0.1) is 0 Å². The average Bonchev–Trinajstić information content (AvgIpc) is 2.39. The molecular weight excluding hydrogens is 342 g/mol. The van der Waals surface area contributed by atoms with E-state index in [2.05, 4.69) is 15.6 Å². The number of nitrogens with zero attached hydrogens (tertiary/aromatic N) is 1. The molecule has 0 fully saturated rings. The summed E-state index contributed by atoms with van der Waals surface area (Å²) in [7, 11) is 0. The second-order valence-electron chi connectivity index (χ2n) is 4.14. The van der Waals surface area contributed by atoms with E-state index >= 15 is 0 Å². The van der Waals surface area contributed by atoms with Crippen molar-refractivity contribution in [3.63, 3.8) is 0 Å². The largest absolute Gasteiger partial charge is 0.417 e. The number of carbonyl (C=O) groups excluding carboxylic acids is 1. The van der Waals surface area contributed by atoms with Gasteiger partial charge in [0.15, 0.2) is 5.82 Å². The van der Waals surface area contributed by atoms with E-state index in [9.17, 15) is 18.0 Å². The van der Waals surface area contributed by atoms with Gasteiger partial charge in [0.05, 0.1) is 10.6 Å². The molecule has 1 aromatic heterocycles. The molecule has 1 heterocycles. The van der Waals surface area contributed by atoms with Gasteiger partial charge in [-0.05, 0) is 24.3 Å². The average molecular weight is 350 g/mol. The van der Waals surface area contributed by atoms with Crippen molar-refractivity contribution in [3.05, 3.63) is 52.1 Å². The molecule has 4 nitrogen and oxygen atoms in total. The summed E-state index contributed by atoms with van der Waals surface area (Å²) >= 11 is 11.4. The maximum Gasteiger partial charge on any atom is 0.417 e. The first kappa shape index (κ1) is 16.4. The molecule has 0 bridgehead atoms. The Morgan fingerprint density at radius 3 is 2.45 bits per heavy atom. The first-order chi connectivity index (χ1) is 10.3. The first-order valence-corrected chi connectivity index (χ1v) is 6.57. The number of hydrogen-bond donors (Lipinski definition) is 2. The minimum atomic E-state index is -4.56. The molecule has 2 aromatic rings. The van der Waals surface area contributed by atoms with Crippen LogP contribution >= 0.6 is 23.2 Å². The van der Waals surface area contributed by atoms with Gasteiger partial charge in [-0.3, -0.25) is 5.32 Å². The van der Waals surface area contributed by atoms with Gasteiger partial charge in [0.25, 0.3) is 0 Å². The third kappa shape index (κ3) is 4.25. The summed E-state index contributed by atoms with van der Waals surface area (Å²) in [5.74, 6) is -0.186. The van der Waals surface area contributed by atoms with Crippen molar-refractivity contribution >= 4 is 40.7 Å². The summed E-state index contributed by atoms with van der Waals surface area (Å²) in [4.78, 5) is 15.2. The monoisotopic (exact) mass is 349 g/mol. The minimum absolute atomic E-state index is 0.186. The Labute approximate surface area is 133 Å². The van der Waals surface area contributed by atoms with Crippen molar-refractivity contribution in [1.29, 1.82) is 0 Å². The Kier molecular flexibility index (Phi) is 4.77. The van der Waals surface area contributed by atoms with Crippen molar-refractivity contribution in [2.45, 2.75) is 6.18 Å². The Hall–Kier alpha value is -1.99. The van der Waals surface area contributed by atoms with E-state index < -0.39 is 17.8 Å². The third-order valence-corrected chi connectivity index (χ3v) is 3.01. The Morgan fingerprint density at radius 2 is 1.86 bits per heavy atom. The highest BCUT2D eigenvalue weighted by Gasteiger charge is 2.31. The van der Waals surface area contributed by atoms with E-state index in [-0.39, 0.29) is 10.8 Å². The van der Waals surface area contributed by atoms with Gasteiger partial charge in [0.1, 0.15) is 0 Å². The molecular formula is C13H8Cl2F3N3O. The summed E-state index contributed by atoms with van der Waals surface area (Å²) in [6, 6.07) is 6.32. The SMILES string of the molecule is O=C(Nc1cccc(Cl)c1)Nc1ncc(C(F)(F)F)cc1Cl. The van der Waals surface area contributed by atoms with E-state index in [1.807, 2.05) is 0 Å². The van der Waals surface area contributed by atoms with Crippen LogP contribution < -0.4 is 10.6 Å². The smallest absolute Gasteiger partial charge is 0.308 e. The van der Waals surface area contributed by atoms with Crippen molar-refractivity contribution in [2.24, 2.45) is 0 Å². The van der Waals surface area contributed by atoms with E-state index in [0.29, 0.717) is 23.0 Å². The van der Waals surface area contributed by atoms with Crippen LogP contribution in [-0.4, -0.2) is 11.0 Å². The topological polar surface area (TPSA) is 54.0 Å². The van der Waals surface area contributed by atoms with Gasteiger partial charge in [0, 0.05) is 16.9 Å². The maximum atomic E-state index is 12.5. The predicted molar refractivity (Wildman–Crippen MR) is 78.3 cm³/mol. The lowest BCUT2D eigenvalue weighted by Crippen LogP contribution is -2.20. The highest BCUT2D eigenvalue weighted by molar-refractivity contribution is 6.33. The van der Waals surface area contributed by atoms with Crippen LogP contribution in [0.1, 0.15) is 5.56 Å². The van der Waals surface area contributed by atoms with E-state index in [4.69, 9.17) is 23.2 Å². The summed E-state index contributed by atoms with van der Waals surface area (Å²) in [6.07, 6.45) is -3.97. The highest BCUT2D eigenvalue weighted by atomic mass is 35.5. The van der Waals surface area contributed by atoms with Crippen LogP contribution in [0.15, 0.2) is 36.5 Å². The molecule has 2 amide bonds. The fourth-order valence-corrected chi connectivity index (χ4v) is 1.92. The molecule has 0 saturated carbocycles. The van der Waals surface area contributed by atoms with Crippen LogP contribution in [-0.2, 0) is 6.18 Å². The summed E-state index contributed by atoms with van der Waals surface area (Å²) in [5, 5.41) is 4.80. The van der Waals surface area contributed by atoms with E-state index in [1.54, 1.807) is 18.2 Å². The predicted octanol–water partition coefficient (Wildman–Crippen LogP) is 5.05. The lowest BCUT2D eigenvalue weighted by Gasteiger charge is -2.11. The van der Waals surface area contributed by atoms with Crippen molar-refractivity contribution in [1.82, 2.24) is 4.98 Å². The Bertz CT molecular complexity index is 707. The van der Waals surface area contributed by atoms with Gasteiger partial charge in [0.2, 0.25) is 0 Å². The number of benzene rings is 1. The second-order valence-corrected chi connectivity index (χ2v) is 4.99. The van der Waals surface area contributed by atoms with Crippen LogP contribution in [0.5, 0.6) is 0 Å².